The number of hydrogen-bond donors (Lipinski definition) is 1. The van der Waals surface area contributed by atoms with Crippen molar-refractivity contribution in [3.63, 3.8) is 0 Å². The Labute approximate surface area is 158 Å². The summed E-state index contributed by atoms with van der Waals surface area (Å²) in [6.45, 7) is 4.05. The molecule has 1 aliphatic heterocycles. The number of carbonyl (C=O) groups excluding carboxylic acids is 3. The van der Waals surface area contributed by atoms with Crippen LogP contribution in [-0.4, -0.2) is 35.3 Å². The zero-order valence-corrected chi connectivity index (χ0v) is 15.4. The molecule has 27 heavy (non-hydrogen) atoms. The zero-order valence-electron chi connectivity index (χ0n) is 15.4. The van der Waals surface area contributed by atoms with Crippen LogP contribution in [0.5, 0.6) is 5.75 Å². The predicted molar refractivity (Wildman–Crippen MR) is 102 cm³/mol. The number of amides is 3. The van der Waals surface area contributed by atoms with Gasteiger partial charge < -0.3 is 10.1 Å². The molecule has 3 rings (SSSR count). The molecule has 6 nitrogen and oxygen atoms in total. The van der Waals surface area contributed by atoms with Crippen LogP contribution in [-0.2, 0) is 4.79 Å². The summed E-state index contributed by atoms with van der Waals surface area (Å²) in [6, 6.07) is 14.0. The molecular formula is C21H22N2O4. The first-order chi connectivity index (χ1) is 13.0. The van der Waals surface area contributed by atoms with E-state index in [1.807, 2.05) is 26.0 Å². The molecule has 140 valence electrons. The van der Waals surface area contributed by atoms with Crippen LogP contribution in [0.2, 0.25) is 0 Å². The molecule has 2 aromatic carbocycles. The highest BCUT2D eigenvalue weighted by Crippen LogP contribution is 2.25. The van der Waals surface area contributed by atoms with Gasteiger partial charge in [-0.05, 0) is 44.5 Å². The predicted octanol–water partition coefficient (Wildman–Crippen LogP) is 3.49. The van der Waals surface area contributed by atoms with E-state index in [0.717, 1.165) is 0 Å². The SMILES string of the molecule is CC(C)Oc1ccccc1NC(=O)CCCN1C(=O)c2ccccc2C1=O. The van der Waals surface area contributed by atoms with Crippen LogP contribution in [0.4, 0.5) is 5.69 Å². The molecule has 0 atom stereocenters. The minimum absolute atomic E-state index is 0.00289. The number of anilines is 1. The normalized spacial score (nSPS) is 13.1. The molecule has 1 aliphatic rings. The second-order valence-electron chi connectivity index (χ2n) is 6.62. The highest BCUT2D eigenvalue weighted by molar-refractivity contribution is 6.21. The fourth-order valence-electron chi connectivity index (χ4n) is 2.98. The molecule has 6 heteroatoms. The third-order valence-corrected chi connectivity index (χ3v) is 4.19. The van der Waals surface area contributed by atoms with Gasteiger partial charge in [-0.2, -0.15) is 0 Å². The van der Waals surface area contributed by atoms with Crippen molar-refractivity contribution in [3.8, 4) is 5.75 Å². The van der Waals surface area contributed by atoms with Crippen molar-refractivity contribution in [2.45, 2.75) is 32.8 Å². The van der Waals surface area contributed by atoms with E-state index in [4.69, 9.17) is 4.74 Å². The topological polar surface area (TPSA) is 75.7 Å². The van der Waals surface area contributed by atoms with E-state index in [2.05, 4.69) is 5.32 Å². The van der Waals surface area contributed by atoms with Crippen molar-refractivity contribution in [3.05, 3.63) is 59.7 Å². The van der Waals surface area contributed by atoms with Gasteiger partial charge in [-0.15, -0.1) is 0 Å². The second-order valence-corrected chi connectivity index (χ2v) is 6.62. The standard InChI is InChI=1S/C21H22N2O4/c1-14(2)27-18-11-6-5-10-17(18)22-19(24)12-7-13-23-20(25)15-8-3-4-9-16(15)21(23)26/h3-6,8-11,14H,7,12-13H2,1-2H3,(H,22,24). The smallest absolute Gasteiger partial charge is 0.261 e. The summed E-state index contributed by atoms with van der Waals surface area (Å²) >= 11 is 0. The van der Waals surface area contributed by atoms with Crippen molar-refractivity contribution in [1.29, 1.82) is 0 Å². The van der Waals surface area contributed by atoms with Crippen molar-refractivity contribution >= 4 is 23.4 Å². The van der Waals surface area contributed by atoms with Crippen LogP contribution in [0.3, 0.4) is 0 Å². The maximum Gasteiger partial charge on any atom is 0.261 e. The summed E-state index contributed by atoms with van der Waals surface area (Å²) < 4.78 is 5.68. The maximum atomic E-state index is 12.3. The number of carbonyl (C=O) groups is 3. The number of benzene rings is 2. The van der Waals surface area contributed by atoms with E-state index < -0.39 is 0 Å². The first-order valence-corrected chi connectivity index (χ1v) is 8.98. The Morgan fingerprint density at radius 3 is 2.22 bits per heavy atom. The van der Waals surface area contributed by atoms with Gasteiger partial charge in [0, 0.05) is 13.0 Å². The van der Waals surface area contributed by atoms with Gasteiger partial charge in [0.05, 0.1) is 22.9 Å². The number of para-hydroxylation sites is 2. The fraction of sp³-hybridized carbons (Fsp3) is 0.286. The van der Waals surface area contributed by atoms with Crippen molar-refractivity contribution in [1.82, 2.24) is 4.90 Å². The van der Waals surface area contributed by atoms with Gasteiger partial charge in [0.1, 0.15) is 5.75 Å². The van der Waals surface area contributed by atoms with Crippen molar-refractivity contribution in [2.24, 2.45) is 0 Å². The third kappa shape index (κ3) is 4.16. The maximum absolute atomic E-state index is 12.3. The first kappa shape index (κ1) is 18.6. The number of ether oxygens (including phenoxy) is 1. The molecular weight excluding hydrogens is 344 g/mol. The van der Waals surface area contributed by atoms with E-state index in [1.165, 1.54) is 4.90 Å². The summed E-state index contributed by atoms with van der Waals surface area (Å²) in [7, 11) is 0. The number of fused-ring (bicyclic) bond motifs is 1. The molecule has 0 bridgehead atoms. The molecule has 0 spiro atoms. The van der Waals surface area contributed by atoms with Gasteiger partial charge in [0.15, 0.2) is 0 Å². The van der Waals surface area contributed by atoms with Crippen molar-refractivity contribution in [2.75, 3.05) is 11.9 Å². The Bertz CT molecular complexity index is 841. The molecule has 0 aromatic heterocycles. The number of imide groups is 1. The highest BCUT2D eigenvalue weighted by atomic mass is 16.5. The molecule has 0 aliphatic carbocycles. The van der Waals surface area contributed by atoms with E-state index >= 15 is 0 Å². The molecule has 0 radical (unpaired) electrons. The minimum atomic E-state index is -0.299. The van der Waals surface area contributed by atoms with Gasteiger partial charge >= 0.3 is 0 Å². The van der Waals surface area contributed by atoms with Crippen LogP contribution >= 0.6 is 0 Å². The molecule has 0 saturated carbocycles. The molecule has 0 fully saturated rings. The molecule has 0 unspecified atom stereocenters. The molecule has 1 heterocycles. The zero-order chi connectivity index (χ0) is 19.4. The molecule has 0 saturated heterocycles. The van der Waals surface area contributed by atoms with Crippen LogP contribution < -0.4 is 10.1 Å². The lowest BCUT2D eigenvalue weighted by Crippen LogP contribution is -2.31. The Kier molecular flexibility index (Phi) is 5.54. The van der Waals surface area contributed by atoms with Crippen molar-refractivity contribution < 1.29 is 19.1 Å². The van der Waals surface area contributed by atoms with E-state index in [1.54, 1.807) is 36.4 Å². The average molecular weight is 366 g/mol. The lowest BCUT2D eigenvalue weighted by Gasteiger charge is -2.15. The molecule has 1 N–H and O–H groups in total. The van der Waals surface area contributed by atoms with Gasteiger partial charge in [-0.3, -0.25) is 19.3 Å². The van der Waals surface area contributed by atoms with Gasteiger partial charge in [0.2, 0.25) is 5.91 Å². The quantitative estimate of drug-likeness (QED) is 0.761. The summed E-state index contributed by atoms with van der Waals surface area (Å²) in [5.41, 5.74) is 1.45. The van der Waals surface area contributed by atoms with E-state index in [9.17, 15) is 14.4 Å². The van der Waals surface area contributed by atoms with Crippen LogP contribution in [0.1, 0.15) is 47.4 Å². The third-order valence-electron chi connectivity index (χ3n) is 4.19. The van der Waals surface area contributed by atoms with Crippen LogP contribution in [0.15, 0.2) is 48.5 Å². The Balaban J connectivity index is 1.54. The van der Waals surface area contributed by atoms with Gasteiger partial charge in [0.25, 0.3) is 11.8 Å². The number of nitrogens with zero attached hydrogens (tertiary/aromatic N) is 1. The summed E-state index contributed by atoms with van der Waals surface area (Å²) in [6.07, 6.45) is 0.588. The lowest BCUT2D eigenvalue weighted by atomic mass is 10.1. The van der Waals surface area contributed by atoms with Crippen LogP contribution in [0.25, 0.3) is 0 Å². The Hall–Kier alpha value is -3.15. The number of rotatable bonds is 7. The molecule has 3 amide bonds. The van der Waals surface area contributed by atoms with E-state index in [-0.39, 0.29) is 36.8 Å². The number of hydrogen-bond acceptors (Lipinski definition) is 4. The van der Waals surface area contributed by atoms with E-state index in [0.29, 0.717) is 29.0 Å². The second kappa shape index (κ2) is 8.03. The van der Waals surface area contributed by atoms with Crippen LogP contribution in [0, 0.1) is 0 Å². The minimum Gasteiger partial charge on any atom is -0.489 e. The van der Waals surface area contributed by atoms with Gasteiger partial charge in [-0.25, -0.2) is 0 Å². The first-order valence-electron chi connectivity index (χ1n) is 8.98. The summed E-state index contributed by atoms with van der Waals surface area (Å²) in [4.78, 5) is 38.1. The summed E-state index contributed by atoms with van der Waals surface area (Å²) in [5, 5.41) is 2.83. The molecule has 2 aromatic rings. The fourth-order valence-corrected chi connectivity index (χ4v) is 2.98. The highest BCUT2D eigenvalue weighted by Gasteiger charge is 2.34. The lowest BCUT2D eigenvalue weighted by molar-refractivity contribution is -0.116. The number of nitrogens with one attached hydrogen (secondary N) is 1. The largest absolute Gasteiger partial charge is 0.489 e. The average Bonchev–Trinajstić information content (AvgIpc) is 2.88. The Morgan fingerprint density at radius 2 is 1.59 bits per heavy atom. The van der Waals surface area contributed by atoms with Gasteiger partial charge in [-0.1, -0.05) is 24.3 Å². The summed E-state index contributed by atoms with van der Waals surface area (Å²) in [5.74, 6) is -0.175. The Morgan fingerprint density at radius 1 is 1.00 bits per heavy atom. The monoisotopic (exact) mass is 366 g/mol.